The molecule has 1 aromatic carbocycles. The fourth-order valence-corrected chi connectivity index (χ4v) is 4.55. The minimum atomic E-state index is -0.236. The van der Waals surface area contributed by atoms with Crippen LogP contribution in [0.15, 0.2) is 30.0 Å². The molecule has 7 nitrogen and oxygen atoms in total. The number of amides is 1. The fourth-order valence-electron chi connectivity index (χ4n) is 4.34. The highest BCUT2D eigenvalue weighted by Gasteiger charge is 2.25. The molecule has 0 heterocycles. The van der Waals surface area contributed by atoms with Crippen molar-refractivity contribution in [1.29, 1.82) is 10.7 Å². The smallest absolute Gasteiger partial charge is 0.254 e. The van der Waals surface area contributed by atoms with Crippen molar-refractivity contribution in [2.24, 2.45) is 5.92 Å². The van der Waals surface area contributed by atoms with Crippen molar-refractivity contribution in [2.45, 2.75) is 69.6 Å². The molecule has 1 aromatic rings. The van der Waals surface area contributed by atoms with Crippen molar-refractivity contribution in [3.63, 3.8) is 0 Å². The van der Waals surface area contributed by atoms with Gasteiger partial charge in [0.1, 0.15) is 11.8 Å². The number of rotatable bonds is 8. The maximum atomic E-state index is 12.6. The van der Waals surface area contributed by atoms with Gasteiger partial charge in [0.2, 0.25) is 0 Å². The Morgan fingerprint density at radius 2 is 1.88 bits per heavy atom. The number of ether oxygens (including phenoxy) is 1. The zero-order chi connectivity index (χ0) is 22.9. The van der Waals surface area contributed by atoms with Crippen LogP contribution < -0.4 is 15.4 Å². The summed E-state index contributed by atoms with van der Waals surface area (Å²) < 4.78 is 6.00. The van der Waals surface area contributed by atoms with E-state index in [2.05, 4.69) is 10.6 Å². The van der Waals surface area contributed by atoms with Crippen LogP contribution in [0.4, 0.5) is 0 Å². The van der Waals surface area contributed by atoms with E-state index >= 15 is 0 Å². The lowest BCUT2D eigenvalue weighted by Crippen LogP contribution is -2.41. The lowest BCUT2D eigenvalue weighted by atomic mass is 9.86. The first kappa shape index (κ1) is 24.1. The molecule has 2 aliphatic rings. The third-order valence-corrected chi connectivity index (χ3v) is 6.68. The van der Waals surface area contributed by atoms with Crippen LogP contribution in [0.2, 0.25) is 5.02 Å². The molecule has 2 fully saturated rings. The molecule has 8 heteroatoms. The van der Waals surface area contributed by atoms with Gasteiger partial charge in [-0.15, -0.1) is 0 Å². The number of halogens is 1. The van der Waals surface area contributed by atoms with Crippen LogP contribution in [0.5, 0.6) is 5.75 Å². The van der Waals surface area contributed by atoms with Crippen molar-refractivity contribution in [1.82, 2.24) is 10.6 Å². The molecule has 2 aliphatic carbocycles. The molecule has 1 amide bonds. The lowest BCUT2D eigenvalue weighted by Gasteiger charge is -2.30. The van der Waals surface area contributed by atoms with E-state index in [9.17, 15) is 9.90 Å². The van der Waals surface area contributed by atoms with Gasteiger partial charge >= 0.3 is 0 Å². The number of nitrogens with one attached hydrogen (secondary N) is 3. The Bertz CT molecular complexity index is 866. The summed E-state index contributed by atoms with van der Waals surface area (Å²) in [4.78, 5) is 12.6. The molecule has 32 heavy (non-hydrogen) atoms. The van der Waals surface area contributed by atoms with Crippen molar-refractivity contribution in [3.8, 4) is 11.8 Å². The van der Waals surface area contributed by atoms with E-state index in [-0.39, 0.29) is 30.7 Å². The summed E-state index contributed by atoms with van der Waals surface area (Å²) in [6, 6.07) is 7.44. The zero-order valence-corrected chi connectivity index (χ0v) is 18.9. The quantitative estimate of drug-likeness (QED) is 0.350. The van der Waals surface area contributed by atoms with E-state index in [0.717, 1.165) is 57.6 Å². The zero-order valence-electron chi connectivity index (χ0n) is 18.1. The third-order valence-electron chi connectivity index (χ3n) is 6.37. The highest BCUT2D eigenvalue weighted by atomic mass is 35.5. The Hall–Kier alpha value is -2.56. The molecule has 0 aromatic heterocycles. The maximum Gasteiger partial charge on any atom is 0.254 e. The Kier molecular flexibility index (Phi) is 8.95. The van der Waals surface area contributed by atoms with Crippen molar-refractivity contribution < 1.29 is 14.6 Å². The molecule has 2 saturated carbocycles. The molecule has 0 spiro atoms. The minimum absolute atomic E-state index is 0.0422. The number of benzene rings is 1. The van der Waals surface area contributed by atoms with Gasteiger partial charge in [-0.3, -0.25) is 4.79 Å². The molecule has 0 bridgehead atoms. The van der Waals surface area contributed by atoms with E-state index in [4.69, 9.17) is 27.0 Å². The number of hydrogen-bond acceptors (Lipinski definition) is 6. The van der Waals surface area contributed by atoms with E-state index < -0.39 is 0 Å². The van der Waals surface area contributed by atoms with E-state index in [1.54, 1.807) is 24.4 Å². The highest BCUT2D eigenvalue weighted by Crippen LogP contribution is 2.27. The fraction of sp³-hybridized carbons (Fsp3) is 0.542. The van der Waals surface area contributed by atoms with Gasteiger partial charge < -0.3 is 25.9 Å². The molecule has 4 N–H and O–H groups in total. The number of nitrogens with zero attached hydrogens (tertiary/aromatic N) is 1. The molecular weight excluding hydrogens is 428 g/mol. The van der Waals surface area contributed by atoms with Crippen molar-refractivity contribution >= 4 is 23.7 Å². The topological polar surface area (TPSA) is 118 Å². The summed E-state index contributed by atoms with van der Waals surface area (Å²) in [5.74, 6) is 0.796. The van der Waals surface area contributed by atoms with Gasteiger partial charge in [-0.2, -0.15) is 5.26 Å². The summed E-state index contributed by atoms with van der Waals surface area (Å²) in [7, 11) is 0. The minimum Gasteiger partial charge on any atom is -0.490 e. The Balaban J connectivity index is 1.43. The monoisotopic (exact) mass is 458 g/mol. The van der Waals surface area contributed by atoms with E-state index in [1.807, 2.05) is 6.07 Å². The number of aliphatic hydroxyl groups is 1. The molecule has 0 radical (unpaired) electrons. The average molecular weight is 459 g/mol. The lowest BCUT2D eigenvalue weighted by molar-refractivity contribution is -0.118. The van der Waals surface area contributed by atoms with Crippen LogP contribution in [0.25, 0.3) is 0 Å². The van der Waals surface area contributed by atoms with Gasteiger partial charge in [0.05, 0.1) is 22.3 Å². The second-order valence-corrected chi connectivity index (χ2v) is 9.04. The molecule has 0 atom stereocenters. The average Bonchev–Trinajstić information content (AvgIpc) is 2.81. The number of hydrogen-bond donors (Lipinski definition) is 4. The summed E-state index contributed by atoms with van der Waals surface area (Å²) >= 11 is 6.07. The number of nitriles is 1. The Labute approximate surface area is 194 Å². The second kappa shape index (κ2) is 11.9. The summed E-state index contributed by atoms with van der Waals surface area (Å²) in [5.41, 5.74) is 0.743. The number of aliphatic hydroxyl groups excluding tert-OH is 1. The van der Waals surface area contributed by atoms with Crippen molar-refractivity contribution in [3.05, 3.63) is 40.6 Å². The first-order valence-electron chi connectivity index (χ1n) is 11.3. The highest BCUT2D eigenvalue weighted by molar-refractivity contribution is 6.31. The predicted octanol–water partition coefficient (Wildman–Crippen LogP) is 3.69. The van der Waals surface area contributed by atoms with E-state index in [1.165, 1.54) is 0 Å². The van der Waals surface area contributed by atoms with Crippen LogP contribution in [-0.4, -0.2) is 42.0 Å². The van der Waals surface area contributed by atoms with Crippen LogP contribution >= 0.6 is 11.6 Å². The van der Waals surface area contributed by atoms with Crippen LogP contribution in [0.1, 0.15) is 56.9 Å². The van der Waals surface area contributed by atoms with Crippen LogP contribution in [0.3, 0.4) is 0 Å². The van der Waals surface area contributed by atoms with Gasteiger partial charge in [-0.1, -0.05) is 11.6 Å². The normalized spacial score (nSPS) is 26.0. The van der Waals surface area contributed by atoms with Crippen LogP contribution in [-0.2, 0) is 4.79 Å². The molecule has 0 aliphatic heterocycles. The van der Waals surface area contributed by atoms with E-state index in [0.29, 0.717) is 27.8 Å². The molecule has 0 saturated heterocycles. The summed E-state index contributed by atoms with van der Waals surface area (Å²) in [5, 5.41) is 32.5. The first-order valence-corrected chi connectivity index (χ1v) is 11.6. The number of carbonyl (C=O) groups is 1. The maximum absolute atomic E-state index is 12.6. The van der Waals surface area contributed by atoms with Gasteiger partial charge in [-0.25, -0.2) is 0 Å². The largest absolute Gasteiger partial charge is 0.490 e. The SMILES string of the molecule is N#Cc1ccc(O[C@H]2CC[C@H](NC(=O)/C(C=N)=C/N[C@H]3CC[C@H](CO)CC3)CC2)cc1Cl. The summed E-state index contributed by atoms with van der Waals surface area (Å²) in [6.45, 7) is 0.241. The Morgan fingerprint density at radius 1 is 1.19 bits per heavy atom. The molecule has 172 valence electrons. The first-order chi connectivity index (χ1) is 15.5. The van der Waals surface area contributed by atoms with Gasteiger partial charge in [0.25, 0.3) is 5.91 Å². The third kappa shape index (κ3) is 6.72. The predicted molar refractivity (Wildman–Crippen MR) is 124 cm³/mol. The second-order valence-electron chi connectivity index (χ2n) is 8.63. The van der Waals surface area contributed by atoms with Gasteiger partial charge in [0.15, 0.2) is 0 Å². The molecule has 0 unspecified atom stereocenters. The number of carbonyl (C=O) groups excluding carboxylic acids is 1. The van der Waals surface area contributed by atoms with Gasteiger partial charge in [0, 0.05) is 37.2 Å². The van der Waals surface area contributed by atoms with Crippen molar-refractivity contribution in [2.75, 3.05) is 6.61 Å². The standard InChI is InChI=1S/C24H31ClN4O3/c25-23-11-22(8-3-17(23)12-26)32-21-9-6-20(7-10-21)29-24(31)18(13-27)14-28-19-4-1-16(15-30)2-5-19/h3,8,11,13-14,16,19-21,27-28,30H,1-2,4-7,9-10,15H2,(H,29,31)/b18-14+,27-13?/t16-,19-,20-,21-. The molecular formula is C24H31ClN4O3. The summed E-state index contributed by atoms with van der Waals surface area (Å²) in [6.07, 6.45) is 9.86. The van der Waals surface area contributed by atoms with Gasteiger partial charge in [-0.05, 0) is 69.4 Å². The molecule has 3 rings (SSSR count). The Morgan fingerprint density at radius 3 is 2.47 bits per heavy atom. The van der Waals surface area contributed by atoms with Crippen LogP contribution in [0, 0.1) is 22.7 Å².